The van der Waals surface area contributed by atoms with Gasteiger partial charge in [-0.15, -0.1) is 0 Å². The van der Waals surface area contributed by atoms with Crippen molar-refractivity contribution in [3.05, 3.63) is 23.5 Å². The molecule has 2 unspecified atom stereocenters. The average Bonchev–Trinajstić information content (AvgIpc) is 2.44. The van der Waals surface area contributed by atoms with Crippen molar-refractivity contribution >= 4 is 11.8 Å². The highest BCUT2D eigenvalue weighted by atomic mass is 32.2. The quantitative estimate of drug-likeness (QED) is 0.550. The molecule has 0 radical (unpaired) electrons. The molecule has 0 aromatic carbocycles. The van der Waals surface area contributed by atoms with Crippen molar-refractivity contribution < 1.29 is 5.11 Å². The van der Waals surface area contributed by atoms with E-state index < -0.39 is 0 Å². The molecule has 0 amide bonds. The fourth-order valence-corrected chi connectivity index (χ4v) is 9.71. The third-order valence-electron chi connectivity index (χ3n) is 8.54. The summed E-state index contributed by atoms with van der Waals surface area (Å²) in [4.78, 5) is 0. The smallest absolute Gasteiger partial charge is 0.112 e. The Morgan fingerprint density at radius 3 is 2.54 bits per heavy atom. The molecule has 2 heteroatoms. The minimum absolute atomic E-state index is 0.395. The number of allylic oxidation sites excluding steroid dienone is 2. The molecular formula is C22H34OS. The lowest BCUT2D eigenvalue weighted by molar-refractivity contribution is -0.135. The monoisotopic (exact) mass is 346 g/mol. The summed E-state index contributed by atoms with van der Waals surface area (Å²) in [6.45, 7) is 12.5. The second-order valence-corrected chi connectivity index (χ2v) is 11.5. The van der Waals surface area contributed by atoms with Gasteiger partial charge in [0, 0.05) is 11.2 Å². The zero-order chi connectivity index (χ0) is 17.3. The lowest BCUT2D eigenvalue weighted by Crippen LogP contribution is -2.60. The zero-order valence-electron chi connectivity index (χ0n) is 16.1. The SMILES string of the molecule is CC1=CC(O)=CC2SC[C@@H]3[C@@]4(C)CCCC(C)(C)[C@@H]4CC[C@@]3(C)C12. The maximum atomic E-state index is 10.1. The van der Waals surface area contributed by atoms with E-state index in [-0.39, 0.29) is 0 Å². The Balaban J connectivity index is 1.74. The molecule has 0 aromatic rings. The van der Waals surface area contributed by atoms with Crippen molar-refractivity contribution in [1.29, 1.82) is 0 Å². The van der Waals surface area contributed by atoms with Crippen molar-refractivity contribution in [3.63, 3.8) is 0 Å². The lowest BCUT2D eigenvalue weighted by Gasteiger charge is -2.66. The maximum Gasteiger partial charge on any atom is 0.112 e. The molecule has 1 aliphatic heterocycles. The van der Waals surface area contributed by atoms with Gasteiger partial charge in [-0.05, 0) is 78.6 Å². The molecule has 0 spiro atoms. The first kappa shape index (κ1) is 17.1. The van der Waals surface area contributed by atoms with E-state index in [1.54, 1.807) is 0 Å². The van der Waals surface area contributed by atoms with Gasteiger partial charge in [-0.1, -0.05) is 39.7 Å². The predicted octanol–water partition coefficient (Wildman–Crippen LogP) is 6.37. The number of aliphatic hydroxyl groups excluding tert-OH is 1. The van der Waals surface area contributed by atoms with E-state index in [9.17, 15) is 5.11 Å². The predicted molar refractivity (Wildman–Crippen MR) is 104 cm³/mol. The number of hydrogen-bond donors (Lipinski definition) is 1. The van der Waals surface area contributed by atoms with Crippen LogP contribution < -0.4 is 0 Å². The molecule has 4 aliphatic rings. The van der Waals surface area contributed by atoms with Gasteiger partial charge in [0.2, 0.25) is 0 Å². The average molecular weight is 347 g/mol. The van der Waals surface area contributed by atoms with Gasteiger partial charge >= 0.3 is 0 Å². The van der Waals surface area contributed by atoms with Gasteiger partial charge < -0.3 is 5.11 Å². The Kier molecular flexibility index (Phi) is 3.78. The molecule has 2 saturated carbocycles. The molecule has 6 atom stereocenters. The van der Waals surface area contributed by atoms with Gasteiger partial charge in [-0.3, -0.25) is 0 Å². The van der Waals surface area contributed by atoms with E-state index >= 15 is 0 Å². The summed E-state index contributed by atoms with van der Waals surface area (Å²) in [6, 6.07) is 0. The van der Waals surface area contributed by atoms with Crippen LogP contribution in [0.5, 0.6) is 0 Å². The van der Waals surface area contributed by atoms with Crippen molar-refractivity contribution in [2.75, 3.05) is 5.75 Å². The summed E-state index contributed by atoms with van der Waals surface area (Å²) in [6.07, 6.45) is 11.2. The van der Waals surface area contributed by atoms with Crippen LogP contribution in [0.2, 0.25) is 0 Å². The van der Waals surface area contributed by atoms with Gasteiger partial charge in [0.15, 0.2) is 0 Å². The topological polar surface area (TPSA) is 20.2 Å². The van der Waals surface area contributed by atoms with Crippen molar-refractivity contribution in [2.24, 2.45) is 34.0 Å². The minimum Gasteiger partial charge on any atom is -0.508 e. The lowest BCUT2D eigenvalue weighted by atomic mass is 9.41. The summed E-state index contributed by atoms with van der Waals surface area (Å²) >= 11 is 2.12. The van der Waals surface area contributed by atoms with Crippen molar-refractivity contribution in [3.8, 4) is 0 Å². The first-order valence-electron chi connectivity index (χ1n) is 9.89. The molecule has 3 fully saturated rings. The van der Waals surface area contributed by atoms with Crippen LogP contribution in [-0.4, -0.2) is 16.1 Å². The van der Waals surface area contributed by atoms with E-state index in [2.05, 4.69) is 52.5 Å². The highest BCUT2D eigenvalue weighted by Gasteiger charge is 2.62. The molecule has 0 bridgehead atoms. The van der Waals surface area contributed by atoms with Crippen LogP contribution in [0.15, 0.2) is 23.5 Å². The number of fused-ring (bicyclic) bond motifs is 5. The summed E-state index contributed by atoms with van der Waals surface area (Å²) in [7, 11) is 0. The second-order valence-electron chi connectivity index (χ2n) is 10.3. The molecule has 1 heterocycles. The van der Waals surface area contributed by atoms with E-state index in [0.29, 0.717) is 33.2 Å². The highest BCUT2D eigenvalue weighted by Crippen LogP contribution is 2.69. The summed E-state index contributed by atoms with van der Waals surface area (Å²) < 4.78 is 0. The van der Waals surface area contributed by atoms with Crippen LogP contribution in [0.3, 0.4) is 0 Å². The summed E-state index contributed by atoms with van der Waals surface area (Å²) in [5.74, 6) is 4.07. The van der Waals surface area contributed by atoms with E-state index in [1.165, 1.54) is 43.4 Å². The molecule has 134 valence electrons. The Morgan fingerprint density at radius 2 is 1.79 bits per heavy atom. The Morgan fingerprint density at radius 1 is 1.04 bits per heavy atom. The van der Waals surface area contributed by atoms with E-state index in [0.717, 1.165) is 11.8 Å². The van der Waals surface area contributed by atoms with Crippen LogP contribution in [0.25, 0.3) is 0 Å². The highest BCUT2D eigenvalue weighted by molar-refractivity contribution is 8.00. The Bertz CT molecular complexity index is 603. The van der Waals surface area contributed by atoms with Crippen LogP contribution in [0.4, 0.5) is 0 Å². The fourth-order valence-electron chi connectivity index (χ4n) is 7.58. The van der Waals surface area contributed by atoms with Crippen LogP contribution in [-0.2, 0) is 0 Å². The fraction of sp³-hybridized carbons (Fsp3) is 0.818. The molecular weight excluding hydrogens is 312 g/mol. The maximum absolute atomic E-state index is 10.1. The number of aliphatic hydroxyl groups is 1. The molecule has 1 N–H and O–H groups in total. The third-order valence-corrected chi connectivity index (χ3v) is 9.85. The third kappa shape index (κ3) is 2.20. The Hall–Kier alpha value is -0.370. The van der Waals surface area contributed by atoms with Gasteiger partial charge in [-0.2, -0.15) is 11.8 Å². The van der Waals surface area contributed by atoms with E-state index in [1.807, 2.05) is 6.08 Å². The van der Waals surface area contributed by atoms with Gasteiger partial charge in [0.25, 0.3) is 0 Å². The van der Waals surface area contributed by atoms with Gasteiger partial charge in [0.1, 0.15) is 5.76 Å². The largest absolute Gasteiger partial charge is 0.508 e. The molecule has 1 saturated heterocycles. The van der Waals surface area contributed by atoms with E-state index in [4.69, 9.17) is 0 Å². The standard InChI is InChI=1S/C22H34OS/c1-14-11-15(23)12-16-19(14)22(5)10-7-17-20(2,3)8-6-9-21(17,4)18(22)13-24-16/h11-12,16-19,23H,6-10,13H2,1-5H3/t16?,17-,18+,19?,21-,22+/m0/s1. The summed E-state index contributed by atoms with van der Waals surface area (Å²) in [5, 5.41) is 10.6. The second kappa shape index (κ2) is 5.32. The number of rotatable bonds is 0. The molecule has 1 nitrogen and oxygen atoms in total. The van der Waals surface area contributed by atoms with Crippen LogP contribution >= 0.6 is 11.8 Å². The van der Waals surface area contributed by atoms with Crippen molar-refractivity contribution in [2.45, 2.75) is 72.0 Å². The zero-order valence-corrected chi connectivity index (χ0v) is 16.9. The number of thioether (sulfide) groups is 1. The van der Waals surface area contributed by atoms with Crippen LogP contribution in [0, 0.1) is 34.0 Å². The van der Waals surface area contributed by atoms with Gasteiger partial charge in [0.05, 0.1) is 0 Å². The summed E-state index contributed by atoms with van der Waals surface area (Å²) in [5.41, 5.74) is 2.81. The van der Waals surface area contributed by atoms with Crippen LogP contribution in [0.1, 0.15) is 66.7 Å². The first-order chi connectivity index (χ1) is 11.2. The minimum atomic E-state index is 0.395. The Labute approximate surface area is 152 Å². The van der Waals surface area contributed by atoms with Gasteiger partial charge in [-0.25, -0.2) is 0 Å². The molecule has 4 rings (SSSR count). The first-order valence-corrected chi connectivity index (χ1v) is 10.9. The molecule has 24 heavy (non-hydrogen) atoms. The molecule has 0 aromatic heterocycles. The van der Waals surface area contributed by atoms with Crippen molar-refractivity contribution in [1.82, 2.24) is 0 Å². The number of hydrogen-bond acceptors (Lipinski definition) is 2. The molecule has 3 aliphatic carbocycles. The normalized spacial score (nSPS) is 50.0.